The molecule has 0 spiro atoms. The maximum atomic E-state index is 13.2. The van der Waals surface area contributed by atoms with Gasteiger partial charge < -0.3 is 14.8 Å². The molecule has 2 aromatic rings. The number of ether oxygens (including phenoxy) is 2. The van der Waals surface area contributed by atoms with E-state index in [1.807, 2.05) is 0 Å². The molecule has 1 aliphatic rings. The number of carbonyl (C=O) groups excluding carboxylic acids is 1. The number of hydrogen-bond donors (Lipinski definition) is 1. The molecule has 1 heterocycles. The second-order valence-electron chi connectivity index (χ2n) is 5.60. The van der Waals surface area contributed by atoms with Gasteiger partial charge in [0.05, 0.1) is 18.1 Å². The second kappa shape index (κ2) is 7.28. The molecule has 0 bridgehead atoms. The van der Waals surface area contributed by atoms with Crippen LogP contribution in [0.1, 0.15) is 6.42 Å². The third-order valence-corrected chi connectivity index (χ3v) is 5.22. The summed E-state index contributed by atoms with van der Waals surface area (Å²) in [5, 5.41) is 2.23. The van der Waals surface area contributed by atoms with E-state index in [4.69, 9.17) is 9.47 Å². The van der Waals surface area contributed by atoms with Crippen molar-refractivity contribution >= 4 is 21.4 Å². The summed E-state index contributed by atoms with van der Waals surface area (Å²) in [6, 6.07) is 6.85. The maximum Gasteiger partial charge on any atom is 0.239 e. The Morgan fingerprint density at radius 3 is 2.46 bits per heavy atom. The Bertz CT molecular complexity index is 946. The lowest BCUT2D eigenvalue weighted by atomic mass is 10.3. The standard InChI is InChI=1S/C17H15F2NO5S/c18-13-4-2-11(8-14(13)19)20-17(21)10-26(22,23)12-3-5-15-16(9-12)25-7-1-6-24-15/h2-5,8-9H,1,6-7,10H2,(H,20,21). The van der Waals surface area contributed by atoms with Gasteiger partial charge in [0.25, 0.3) is 0 Å². The van der Waals surface area contributed by atoms with E-state index in [9.17, 15) is 22.0 Å². The van der Waals surface area contributed by atoms with E-state index in [0.717, 1.165) is 18.2 Å². The van der Waals surface area contributed by atoms with Gasteiger partial charge in [0.1, 0.15) is 5.75 Å². The molecule has 1 aliphatic heterocycles. The van der Waals surface area contributed by atoms with Crippen molar-refractivity contribution in [3.63, 3.8) is 0 Å². The van der Waals surface area contributed by atoms with Crippen molar-refractivity contribution in [1.82, 2.24) is 0 Å². The van der Waals surface area contributed by atoms with Gasteiger partial charge in [-0.2, -0.15) is 0 Å². The molecule has 0 atom stereocenters. The van der Waals surface area contributed by atoms with E-state index in [1.165, 1.54) is 18.2 Å². The lowest BCUT2D eigenvalue weighted by molar-refractivity contribution is -0.113. The summed E-state index contributed by atoms with van der Waals surface area (Å²) in [4.78, 5) is 11.9. The van der Waals surface area contributed by atoms with Crippen LogP contribution >= 0.6 is 0 Å². The summed E-state index contributed by atoms with van der Waals surface area (Å²) in [5.41, 5.74) is -0.0391. The van der Waals surface area contributed by atoms with Crippen molar-refractivity contribution in [3.05, 3.63) is 48.0 Å². The van der Waals surface area contributed by atoms with Gasteiger partial charge in [-0.1, -0.05) is 0 Å². The molecule has 0 unspecified atom stereocenters. The fourth-order valence-electron chi connectivity index (χ4n) is 2.36. The molecule has 2 aromatic carbocycles. The average molecular weight is 383 g/mol. The Hall–Kier alpha value is -2.68. The predicted octanol–water partition coefficient (Wildman–Crippen LogP) is 2.54. The Labute approximate surface area is 148 Å². The first-order valence-electron chi connectivity index (χ1n) is 7.72. The van der Waals surface area contributed by atoms with E-state index in [1.54, 1.807) is 0 Å². The van der Waals surface area contributed by atoms with Crippen LogP contribution in [-0.4, -0.2) is 33.3 Å². The Balaban J connectivity index is 1.74. The molecule has 26 heavy (non-hydrogen) atoms. The van der Waals surface area contributed by atoms with Crippen LogP contribution in [0.15, 0.2) is 41.3 Å². The monoisotopic (exact) mass is 383 g/mol. The van der Waals surface area contributed by atoms with Crippen molar-refractivity contribution < 1.29 is 31.5 Å². The normalized spacial score (nSPS) is 13.8. The number of amides is 1. The van der Waals surface area contributed by atoms with Crippen LogP contribution in [0.3, 0.4) is 0 Å². The van der Waals surface area contributed by atoms with Gasteiger partial charge >= 0.3 is 0 Å². The van der Waals surface area contributed by atoms with Gasteiger partial charge in [-0.05, 0) is 24.3 Å². The van der Waals surface area contributed by atoms with Crippen LogP contribution in [0, 0.1) is 11.6 Å². The Morgan fingerprint density at radius 2 is 1.73 bits per heavy atom. The van der Waals surface area contributed by atoms with Gasteiger partial charge in [0, 0.05) is 24.2 Å². The van der Waals surface area contributed by atoms with Crippen molar-refractivity contribution in [2.75, 3.05) is 24.3 Å². The summed E-state index contributed by atoms with van der Waals surface area (Å²) in [5.74, 6) is -3.21. The molecule has 0 aliphatic carbocycles. The number of rotatable bonds is 4. The zero-order valence-electron chi connectivity index (χ0n) is 13.5. The van der Waals surface area contributed by atoms with Crippen molar-refractivity contribution in [3.8, 4) is 11.5 Å². The highest BCUT2D eigenvalue weighted by Gasteiger charge is 2.22. The largest absolute Gasteiger partial charge is 0.490 e. The van der Waals surface area contributed by atoms with E-state index in [-0.39, 0.29) is 10.6 Å². The van der Waals surface area contributed by atoms with Gasteiger partial charge in [0.2, 0.25) is 5.91 Å². The molecule has 9 heteroatoms. The predicted molar refractivity (Wildman–Crippen MR) is 89.1 cm³/mol. The zero-order chi connectivity index (χ0) is 18.7. The molecule has 138 valence electrons. The summed E-state index contributed by atoms with van der Waals surface area (Å²) >= 11 is 0. The molecule has 0 saturated heterocycles. The molecule has 1 amide bonds. The van der Waals surface area contributed by atoms with Crippen LogP contribution in [0.2, 0.25) is 0 Å². The molecular formula is C17H15F2NO5S. The highest BCUT2D eigenvalue weighted by Crippen LogP contribution is 2.32. The van der Waals surface area contributed by atoms with Gasteiger partial charge in [0.15, 0.2) is 33.0 Å². The lowest BCUT2D eigenvalue weighted by Gasteiger charge is -2.10. The number of sulfone groups is 1. The number of fused-ring (bicyclic) bond motifs is 1. The number of hydrogen-bond acceptors (Lipinski definition) is 5. The van der Waals surface area contributed by atoms with E-state index < -0.39 is 33.1 Å². The molecule has 3 rings (SSSR count). The number of halogens is 2. The topological polar surface area (TPSA) is 81.7 Å². The molecule has 0 aromatic heterocycles. The van der Waals surface area contributed by atoms with E-state index in [2.05, 4.69) is 5.32 Å². The Morgan fingerprint density at radius 1 is 1.00 bits per heavy atom. The summed E-state index contributed by atoms with van der Waals surface area (Å²) < 4.78 is 61.8. The van der Waals surface area contributed by atoms with Crippen molar-refractivity contribution in [2.45, 2.75) is 11.3 Å². The van der Waals surface area contributed by atoms with Crippen LogP contribution in [-0.2, 0) is 14.6 Å². The minimum atomic E-state index is -3.96. The molecule has 1 N–H and O–H groups in total. The minimum Gasteiger partial charge on any atom is -0.490 e. The fourth-order valence-corrected chi connectivity index (χ4v) is 3.51. The lowest BCUT2D eigenvalue weighted by Crippen LogP contribution is -2.23. The van der Waals surface area contributed by atoms with Crippen LogP contribution in [0.25, 0.3) is 0 Å². The minimum absolute atomic E-state index is 0.0391. The van der Waals surface area contributed by atoms with Crippen molar-refractivity contribution in [1.29, 1.82) is 0 Å². The quantitative estimate of drug-likeness (QED) is 0.878. The van der Waals surface area contributed by atoms with Gasteiger partial charge in [-0.25, -0.2) is 17.2 Å². The van der Waals surface area contributed by atoms with E-state index in [0.29, 0.717) is 31.1 Å². The van der Waals surface area contributed by atoms with Crippen LogP contribution < -0.4 is 14.8 Å². The summed E-state index contributed by atoms with van der Waals surface area (Å²) in [7, 11) is -3.96. The maximum absolute atomic E-state index is 13.2. The van der Waals surface area contributed by atoms with Crippen molar-refractivity contribution in [2.24, 2.45) is 0 Å². The zero-order valence-corrected chi connectivity index (χ0v) is 14.3. The number of carbonyl (C=O) groups is 1. The highest BCUT2D eigenvalue weighted by molar-refractivity contribution is 7.92. The second-order valence-corrected chi connectivity index (χ2v) is 7.58. The molecule has 0 fully saturated rings. The number of benzene rings is 2. The van der Waals surface area contributed by atoms with Crippen LogP contribution in [0.5, 0.6) is 11.5 Å². The molecule has 6 nitrogen and oxygen atoms in total. The average Bonchev–Trinajstić information content (AvgIpc) is 2.82. The smallest absolute Gasteiger partial charge is 0.239 e. The molecular weight excluding hydrogens is 368 g/mol. The first-order valence-corrected chi connectivity index (χ1v) is 9.38. The first kappa shape index (κ1) is 18.1. The summed E-state index contributed by atoms with van der Waals surface area (Å²) in [6.07, 6.45) is 0.674. The SMILES string of the molecule is O=C(CS(=O)(=O)c1ccc2c(c1)OCCCO2)Nc1ccc(F)c(F)c1. The molecule has 0 radical (unpaired) electrons. The third-order valence-electron chi connectivity index (χ3n) is 3.60. The van der Waals surface area contributed by atoms with Gasteiger partial charge in [-0.3, -0.25) is 4.79 Å². The first-order chi connectivity index (χ1) is 12.3. The number of nitrogens with one attached hydrogen (secondary N) is 1. The van der Waals surface area contributed by atoms with E-state index >= 15 is 0 Å². The molecule has 0 saturated carbocycles. The fraction of sp³-hybridized carbons (Fsp3) is 0.235. The number of anilines is 1. The highest BCUT2D eigenvalue weighted by atomic mass is 32.2. The summed E-state index contributed by atoms with van der Waals surface area (Å²) in [6.45, 7) is 0.864. The van der Waals surface area contributed by atoms with Crippen LogP contribution in [0.4, 0.5) is 14.5 Å². The third kappa shape index (κ3) is 4.10. The Kier molecular flexibility index (Phi) is 5.08. The van der Waals surface area contributed by atoms with Gasteiger partial charge in [-0.15, -0.1) is 0 Å².